The molecule has 8 heteroatoms. The van der Waals surface area contributed by atoms with E-state index in [9.17, 15) is 8.42 Å². The number of halogens is 1. The topological polar surface area (TPSA) is 73.2 Å². The maximum absolute atomic E-state index is 12.4. The number of hydrogen-bond donors (Lipinski definition) is 1. The summed E-state index contributed by atoms with van der Waals surface area (Å²) in [6.07, 6.45) is 3.10. The number of ether oxygens (including phenoxy) is 1. The molecule has 0 radical (unpaired) electrons. The van der Waals surface area contributed by atoms with E-state index >= 15 is 0 Å². The summed E-state index contributed by atoms with van der Waals surface area (Å²) in [6, 6.07) is 13.5. The quantitative estimate of drug-likeness (QED) is 0.714. The summed E-state index contributed by atoms with van der Waals surface area (Å²) in [6.45, 7) is 0.515. The Morgan fingerprint density at radius 3 is 2.44 bits per heavy atom. The number of rotatable bonds is 6. The van der Waals surface area contributed by atoms with Crippen molar-refractivity contribution in [2.24, 2.45) is 0 Å². The molecule has 1 heterocycles. The molecule has 0 saturated heterocycles. The van der Waals surface area contributed by atoms with Crippen molar-refractivity contribution in [3.05, 3.63) is 71.5 Å². The molecule has 0 spiro atoms. The summed E-state index contributed by atoms with van der Waals surface area (Å²) in [7, 11) is -2.16. The highest BCUT2D eigenvalue weighted by Crippen LogP contribution is 2.19. The Bertz CT molecular complexity index is 952. The third-order valence-corrected chi connectivity index (χ3v) is 5.16. The molecule has 0 aliphatic rings. The molecule has 25 heavy (non-hydrogen) atoms. The first-order chi connectivity index (χ1) is 12.0. The summed E-state index contributed by atoms with van der Waals surface area (Å²) >= 11 is 5.86. The van der Waals surface area contributed by atoms with Crippen molar-refractivity contribution in [3.8, 4) is 5.75 Å². The van der Waals surface area contributed by atoms with Crippen LogP contribution in [-0.2, 0) is 16.6 Å². The molecule has 0 amide bonds. The lowest BCUT2D eigenvalue weighted by Crippen LogP contribution is -2.12. The Morgan fingerprint density at radius 1 is 1.12 bits per heavy atom. The van der Waals surface area contributed by atoms with Gasteiger partial charge in [0.25, 0.3) is 10.0 Å². The monoisotopic (exact) mass is 377 g/mol. The van der Waals surface area contributed by atoms with Crippen LogP contribution in [0.15, 0.2) is 65.8 Å². The highest BCUT2D eigenvalue weighted by molar-refractivity contribution is 7.92. The predicted molar refractivity (Wildman–Crippen MR) is 96.6 cm³/mol. The Kier molecular flexibility index (Phi) is 4.96. The van der Waals surface area contributed by atoms with Crippen LogP contribution in [0, 0.1) is 0 Å². The highest BCUT2D eigenvalue weighted by Gasteiger charge is 2.15. The van der Waals surface area contributed by atoms with Crippen molar-refractivity contribution >= 4 is 27.3 Å². The van der Waals surface area contributed by atoms with Gasteiger partial charge in [-0.05, 0) is 42.0 Å². The molecule has 3 aromatic rings. The zero-order valence-corrected chi connectivity index (χ0v) is 15.0. The number of anilines is 1. The number of nitrogens with zero attached hydrogens (tertiary/aromatic N) is 2. The van der Waals surface area contributed by atoms with Crippen LogP contribution in [0.25, 0.3) is 0 Å². The molecular formula is C17H16ClN3O3S. The highest BCUT2D eigenvalue weighted by atomic mass is 35.5. The van der Waals surface area contributed by atoms with Gasteiger partial charge in [0.15, 0.2) is 0 Å². The van der Waals surface area contributed by atoms with Gasteiger partial charge in [0.05, 0.1) is 30.4 Å². The van der Waals surface area contributed by atoms with E-state index in [1.165, 1.54) is 25.4 Å². The molecular weight excluding hydrogens is 362 g/mol. The Morgan fingerprint density at radius 2 is 1.80 bits per heavy atom. The number of methoxy groups -OCH3 is 1. The molecule has 2 aromatic carbocycles. The minimum absolute atomic E-state index is 0.152. The van der Waals surface area contributed by atoms with Crippen LogP contribution >= 0.6 is 11.6 Å². The lowest BCUT2D eigenvalue weighted by Gasteiger charge is -2.06. The van der Waals surface area contributed by atoms with Crippen LogP contribution in [0.2, 0.25) is 5.02 Å². The normalized spacial score (nSPS) is 11.3. The fourth-order valence-electron chi connectivity index (χ4n) is 2.25. The standard InChI is InChI=1S/C17H16ClN3O3S/c1-24-16-6-8-17(9-7-16)25(22,23)20-15-10-19-21(12-15)11-13-2-4-14(18)5-3-13/h2-10,12,20H,11H2,1H3. The van der Waals surface area contributed by atoms with E-state index in [-0.39, 0.29) is 4.90 Å². The molecule has 0 aliphatic carbocycles. The van der Waals surface area contributed by atoms with E-state index in [1.807, 2.05) is 12.1 Å². The van der Waals surface area contributed by atoms with Crippen molar-refractivity contribution in [2.45, 2.75) is 11.4 Å². The van der Waals surface area contributed by atoms with Crippen LogP contribution in [-0.4, -0.2) is 25.3 Å². The Labute approximate surface area is 151 Å². The van der Waals surface area contributed by atoms with E-state index in [0.29, 0.717) is 23.0 Å². The number of aromatic nitrogens is 2. The molecule has 0 aliphatic heterocycles. The van der Waals surface area contributed by atoms with Gasteiger partial charge in [-0.1, -0.05) is 23.7 Å². The maximum Gasteiger partial charge on any atom is 0.261 e. The van der Waals surface area contributed by atoms with E-state index in [4.69, 9.17) is 16.3 Å². The van der Waals surface area contributed by atoms with Gasteiger partial charge in [0, 0.05) is 11.2 Å². The van der Waals surface area contributed by atoms with Crippen LogP contribution in [0.1, 0.15) is 5.56 Å². The molecule has 1 aromatic heterocycles. The molecule has 0 atom stereocenters. The third kappa shape index (κ3) is 4.32. The largest absolute Gasteiger partial charge is 0.497 e. The van der Waals surface area contributed by atoms with Gasteiger partial charge in [-0.2, -0.15) is 5.10 Å². The predicted octanol–water partition coefficient (Wildman–Crippen LogP) is 3.39. The fourth-order valence-corrected chi connectivity index (χ4v) is 3.40. The zero-order valence-electron chi connectivity index (χ0n) is 13.4. The summed E-state index contributed by atoms with van der Waals surface area (Å²) in [5.74, 6) is 0.592. The van der Waals surface area contributed by atoms with Gasteiger partial charge in [-0.3, -0.25) is 9.40 Å². The van der Waals surface area contributed by atoms with E-state index in [2.05, 4.69) is 9.82 Å². The van der Waals surface area contributed by atoms with Crippen molar-refractivity contribution in [2.75, 3.05) is 11.8 Å². The van der Waals surface area contributed by atoms with Crippen molar-refractivity contribution in [1.29, 1.82) is 0 Å². The minimum Gasteiger partial charge on any atom is -0.497 e. The van der Waals surface area contributed by atoms with Gasteiger partial charge in [-0.15, -0.1) is 0 Å². The first-order valence-electron chi connectivity index (χ1n) is 7.40. The van der Waals surface area contributed by atoms with Gasteiger partial charge >= 0.3 is 0 Å². The Balaban J connectivity index is 1.72. The summed E-state index contributed by atoms with van der Waals surface area (Å²) < 4.78 is 34.0. The molecule has 0 unspecified atom stereocenters. The van der Waals surface area contributed by atoms with Crippen LogP contribution < -0.4 is 9.46 Å². The molecule has 3 rings (SSSR count). The fraction of sp³-hybridized carbons (Fsp3) is 0.118. The smallest absolute Gasteiger partial charge is 0.261 e. The Hall–Kier alpha value is -2.51. The zero-order chi connectivity index (χ0) is 17.9. The molecule has 1 N–H and O–H groups in total. The summed E-state index contributed by atoms with van der Waals surface area (Å²) in [5, 5.41) is 4.84. The number of benzene rings is 2. The molecule has 0 bridgehead atoms. The minimum atomic E-state index is -3.68. The molecule has 0 saturated carbocycles. The first kappa shape index (κ1) is 17.3. The van der Waals surface area contributed by atoms with Crippen LogP contribution in [0.5, 0.6) is 5.75 Å². The second-order valence-corrected chi connectivity index (χ2v) is 7.45. The van der Waals surface area contributed by atoms with Crippen molar-refractivity contribution in [3.63, 3.8) is 0 Å². The average Bonchev–Trinajstić information content (AvgIpc) is 3.03. The van der Waals surface area contributed by atoms with Gasteiger partial charge in [-0.25, -0.2) is 8.42 Å². The van der Waals surface area contributed by atoms with E-state index < -0.39 is 10.0 Å². The number of hydrogen-bond acceptors (Lipinski definition) is 4. The molecule has 130 valence electrons. The third-order valence-electron chi connectivity index (χ3n) is 3.51. The SMILES string of the molecule is COc1ccc(S(=O)(=O)Nc2cnn(Cc3ccc(Cl)cc3)c2)cc1. The maximum atomic E-state index is 12.4. The van der Waals surface area contributed by atoms with Gasteiger partial charge in [0.2, 0.25) is 0 Å². The second-order valence-electron chi connectivity index (χ2n) is 5.33. The average molecular weight is 378 g/mol. The van der Waals surface area contributed by atoms with Crippen LogP contribution in [0.4, 0.5) is 5.69 Å². The van der Waals surface area contributed by atoms with E-state index in [1.54, 1.807) is 35.1 Å². The van der Waals surface area contributed by atoms with Gasteiger partial charge < -0.3 is 4.74 Å². The second kappa shape index (κ2) is 7.16. The lowest BCUT2D eigenvalue weighted by molar-refractivity contribution is 0.414. The summed E-state index contributed by atoms with van der Waals surface area (Å²) in [5.41, 5.74) is 1.40. The first-order valence-corrected chi connectivity index (χ1v) is 9.26. The van der Waals surface area contributed by atoms with Crippen molar-refractivity contribution < 1.29 is 13.2 Å². The van der Waals surface area contributed by atoms with E-state index in [0.717, 1.165) is 5.56 Å². The summed E-state index contributed by atoms with van der Waals surface area (Å²) in [4.78, 5) is 0.152. The number of sulfonamides is 1. The molecule has 0 fully saturated rings. The van der Waals surface area contributed by atoms with Gasteiger partial charge in [0.1, 0.15) is 5.75 Å². The van der Waals surface area contributed by atoms with Crippen molar-refractivity contribution in [1.82, 2.24) is 9.78 Å². The molecule has 6 nitrogen and oxygen atoms in total. The van der Waals surface area contributed by atoms with Crippen LogP contribution in [0.3, 0.4) is 0 Å². The number of nitrogens with one attached hydrogen (secondary N) is 1. The lowest BCUT2D eigenvalue weighted by atomic mass is 10.2.